The Hall–Kier alpha value is -1.45. The van der Waals surface area contributed by atoms with Crippen LogP contribution in [0.2, 0.25) is 15.1 Å². The van der Waals surface area contributed by atoms with Gasteiger partial charge in [-0.1, -0.05) is 53.0 Å². The van der Waals surface area contributed by atoms with Crippen LogP contribution in [-0.4, -0.2) is 6.54 Å². The fourth-order valence-corrected chi connectivity index (χ4v) is 3.17. The van der Waals surface area contributed by atoms with E-state index in [1.807, 2.05) is 48.5 Å². The first-order chi connectivity index (χ1) is 11.6. The lowest BCUT2D eigenvalue weighted by atomic mass is 10.1. The summed E-state index contributed by atoms with van der Waals surface area (Å²) in [5.74, 6) is 1.64. The largest absolute Gasteiger partial charge is 0.460 e. The molecule has 0 amide bonds. The molecule has 1 N–H and O–H groups in total. The van der Waals surface area contributed by atoms with Gasteiger partial charge in [0.1, 0.15) is 11.5 Å². The molecule has 0 unspecified atom stereocenters. The molecule has 0 saturated carbocycles. The zero-order valence-corrected chi connectivity index (χ0v) is 15.1. The van der Waals surface area contributed by atoms with Crippen LogP contribution >= 0.6 is 34.8 Å². The second-order valence-electron chi connectivity index (χ2n) is 5.41. The summed E-state index contributed by atoms with van der Waals surface area (Å²) in [5.41, 5.74) is 1.98. The molecule has 1 heterocycles. The van der Waals surface area contributed by atoms with Crippen molar-refractivity contribution in [3.8, 4) is 11.3 Å². The zero-order chi connectivity index (χ0) is 16.9. The molecule has 0 fully saturated rings. The van der Waals surface area contributed by atoms with Crippen LogP contribution in [0, 0.1) is 0 Å². The normalized spacial score (nSPS) is 11.0. The number of rotatable bonds is 6. The number of furan rings is 1. The van der Waals surface area contributed by atoms with Crippen molar-refractivity contribution < 1.29 is 4.42 Å². The second-order valence-corrected chi connectivity index (χ2v) is 6.66. The van der Waals surface area contributed by atoms with Gasteiger partial charge >= 0.3 is 0 Å². The highest BCUT2D eigenvalue weighted by atomic mass is 35.5. The van der Waals surface area contributed by atoms with Crippen molar-refractivity contribution in [3.05, 3.63) is 81.0 Å². The van der Waals surface area contributed by atoms with Crippen molar-refractivity contribution in [1.82, 2.24) is 5.32 Å². The molecule has 0 aliphatic heterocycles. The fraction of sp³-hybridized carbons (Fsp3) is 0.158. The van der Waals surface area contributed by atoms with Crippen molar-refractivity contribution in [2.75, 3.05) is 6.54 Å². The van der Waals surface area contributed by atoms with E-state index in [9.17, 15) is 0 Å². The summed E-state index contributed by atoms with van der Waals surface area (Å²) in [7, 11) is 0. The third-order valence-corrected chi connectivity index (χ3v) is 4.60. The lowest BCUT2D eigenvalue weighted by molar-refractivity contribution is 0.495. The van der Waals surface area contributed by atoms with E-state index in [-0.39, 0.29) is 0 Å². The molecule has 0 bridgehead atoms. The highest BCUT2D eigenvalue weighted by molar-refractivity contribution is 6.35. The van der Waals surface area contributed by atoms with Crippen LogP contribution in [0.25, 0.3) is 11.3 Å². The number of hydrogen-bond acceptors (Lipinski definition) is 2. The van der Waals surface area contributed by atoms with Crippen molar-refractivity contribution in [2.24, 2.45) is 0 Å². The maximum Gasteiger partial charge on any atom is 0.135 e. The van der Waals surface area contributed by atoms with Gasteiger partial charge < -0.3 is 9.73 Å². The minimum Gasteiger partial charge on any atom is -0.460 e. The third kappa shape index (κ3) is 4.34. The maximum atomic E-state index is 6.19. The van der Waals surface area contributed by atoms with Crippen molar-refractivity contribution >= 4 is 34.8 Å². The summed E-state index contributed by atoms with van der Waals surface area (Å²) < 4.78 is 5.85. The highest BCUT2D eigenvalue weighted by Gasteiger charge is 2.08. The molecule has 5 heteroatoms. The number of halogens is 3. The summed E-state index contributed by atoms with van der Waals surface area (Å²) in [4.78, 5) is 0. The Balaban J connectivity index is 1.54. The monoisotopic (exact) mass is 379 g/mol. The second kappa shape index (κ2) is 8.09. The molecule has 124 valence electrons. The quantitative estimate of drug-likeness (QED) is 0.512. The van der Waals surface area contributed by atoms with Gasteiger partial charge in [-0.15, -0.1) is 0 Å². The minimum absolute atomic E-state index is 0.648. The first-order valence-electron chi connectivity index (χ1n) is 7.62. The van der Waals surface area contributed by atoms with Crippen LogP contribution < -0.4 is 5.32 Å². The standard InChI is InChI=1S/C19H16Cl3NO/c20-14-6-5-13(18(22)11-14)9-10-23-12-15-7-8-19(24-15)16-3-1-2-4-17(16)21/h1-8,11,23H,9-10,12H2. The van der Waals surface area contributed by atoms with Crippen LogP contribution in [-0.2, 0) is 13.0 Å². The van der Waals surface area contributed by atoms with Gasteiger partial charge in [-0.25, -0.2) is 0 Å². The van der Waals surface area contributed by atoms with E-state index in [4.69, 9.17) is 39.2 Å². The van der Waals surface area contributed by atoms with Gasteiger partial charge in [0.25, 0.3) is 0 Å². The number of nitrogens with one attached hydrogen (secondary N) is 1. The minimum atomic E-state index is 0.648. The molecule has 24 heavy (non-hydrogen) atoms. The molecule has 0 saturated heterocycles. The summed E-state index contributed by atoms with van der Waals surface area (Å²) in [6.45, 7) is 1.44. The van der Waals surface area contributed by atoms with Crippen LogP contribution in [0.15, 0.2) is 59.0 Å². The molecular weight excluding hydrogens is 365 g/mol. The molecule has 3 aromatic rings. The maximum absolute atomic E-state index is 6.19. The van der Waals surface area contributed by atoms with Gasteiger partial charge in [0.05, 0.1) is 11.6 Å². The van der Waals surface area contributed by atoms with Gasteiger partial charge in [0.2, 0.25) is 0 Å². The topological polar surface area (TPSA) is 25.2 Å². The molecular formula is C19H16Cl3NO. The molecule has 3 rings (SSSR count). The Bertz CT molecular complexity index is 829. The molecule has 2 aromatic carbocycles. The van der Waals surface area contributed by atoms with Crippen LogP contribution in [0.1, 0.15) is 11.3 Å². The molecule has 0 radical (unpaired) electrons. The molecule has 0 aliphatic carbocycles. The molecule has 0 atom stereocenters. The predicted octanol–water partition coefficient (Wildman–Crippen LogP) is 6.24. The molecule has 2 nitrogen and oxygen atoms in total. The Morgan fingerprint density at radius 3 is 2.50 bits per heavy atom. The smallest absolute Gasteiger partial charge is 0.135 e. The highest BCUT2D eigenvalue weighted by Crippen LogP contribution is 2.29. The first kappa shape index (κ1) is 17.4. The third-order valence-electron chi connectivity index (χ3n) is 3.69. The fourth-order valence-electron chi connectivity index (χ4n) is 2.44. The predicted molar refractivity (Wildman–Crippen MR) is 101 cm³/mol. The Morgan fingerprint density at radius 2 is 1.71 bits per heavy atom. The van der Waals surface area contributed by atoms with Crippen LogP contribution in [0.3, 0.4) is 0 Å². The zero-order valence-electron chi connectivity index (χ0n) is 12.9. The SMILES string of the molecule is Clc1ccc(CCNCc2ccc(-c3ccccc3Cl)o2)c(Cl)c1. The van der Waals surface area contributed by atoms with Gasteiger partial charge in [-0.3, -0.25) is 0 Å². The van der Waals surface area contributed by atoms with E-state index in [0.29, 0.717) is 21.6 Å². The Labute approximate surface area is 156 Å². The van der Waals surface area contributed by atoms with E-state index in [2.05, 4.69) is 5.32 Å². The number of benzene rings is 2. The molecule has 0 aliphatic rings. The Kier molecular flexibility index (Phi) is 5.85. The van der Waals surface area contributed by atoms with E-state index in [1.54, 1.807) is 6.07 Å². The lowest BCUT2D eigenvalue weighted by Crippen LogP contribution is -2.16. The van der Waals surface area contributed by atoms with Gasteiger partial charge in [0.15, 0.2) is 0 Å². The molecule has 0 spiro atoms. The summed E-state index contributed by atoms with van der Waals surface area (Å²) in [5, 5.41) is 5.39. The van der Waals surface area contributed by atoms with Crippen molar-refractivity contribution in [3.63, 3.8) is 0 Å². The van der Waals surface area contributed by atoms with E-state index in [1.165, 1.54) is 0 Å². The first-order valence-corrected chi connectivity index (χ1v) is 8.75. The van der Waals surface area contributed by atoms with Crippen molar-refractivity contribution in [2.45, 2.75) is 13.0 Å². The lowest BCUT2D eigenvalue weighted by Gasteiger charge is -2.06. The van der Waals surface area contributed by atoms with E-state index >= 15 is 0 Å². The van der Waals surface area contributed by atoms with Gasteiger partial charge in [-0.2, -0.15) is 0 Å². The summed E-state index contributed by atoms with van der Waals surface area (Å²) >= 11 is 18.3. The average Bonchev–Trinajstić information content (AvgIpc) is 3.02. The van der Waals surface area contributed by atoms with Crippen LogP contribution in [0.4, 0.5) is 0 Å². The summed E-state index contributed by atoms with van der Waals surface area (Å²) in [6.07, 6.45) is 0.827. The summed E-state index contributed by atoms with van der Waals surface area (Å²) in [6, 6.07) is 17.1. The Morgan fingerprint density at radius 1 is 0.875 bits per heavy atom. The average molecular weight is 381 g/mol. The number of hydrogen-bond donors (Lipinski definition) is 1. The van der Waals surface area contributed by atoms with E-state index in [0.717, 1.165) is 35.6 Å². The molecule has 1 aromatic heterocycles. The van der Waals surface area contributed by atoms with Gasteiger partial charge in [0, 0.05) is 15.6 Å². The van der Waals surface area contributed by atoms with Crippen LogP contribution in [0.5, 0.6) is 0 Å². The van der Waals surface area contributed by atoms with Crippen molar-refractivity contribution in [1.29, 1.82) is 0 Å². The van der Waals surface area contributed by atoms with Gasteiger partial charge in [-0.05, 0) is 54.9 Å². The van der Waals surface area contributed by atoms with E-state index < -0.39 is 0 Å².